The number of carbonyl (C=O) groups excluding carboxylic acids is 1. The monoisotopic (exact) mass is 323 g/mol. The summed E-state index contributed by atoms with van der Waals surface area (Å²) in [6.45, 7) is 1.42. The van der Waals surface area contributed by atoms with Crippen molar-refractivity contribution in [1.29, 1.82) is 0 Å². The minimum absolute atomic E-state index is 0.323. The molecule has 0 spiro atoms. The summed E-state index contributed by atoms with van der Waals surface area (Å²) in [7, 11) is 0. The summed E-state index contributed by atoms with van der Waals surface area (Å²) in [5, 5.41) is 3.56. The molecule has 2 aromatic carbocycles. The zero-order chi connectivity index (χ0) is 16.7. The molecule has 1 aliphatic rings. The van der Waals surface area contributed by atoms with Crippen LogP contribution in [0.4, 0.5) is 0 Å². The van der Waals surface area contributed by atoms with Crippen molar-refractivity contribution in [2.75, 3.05) is 13.2 Å². The highest BCUT2D eigenvalue weighted by Gasteiger charge is 2.40. The Bertz CT molecular complexity index is 641. The molecule has 3 heteroatoms. The van der Waals surface area contributed by atoms with Gasteiger partial charge in [0, 0.05) is 6.42 Å². The standard InChI is InChI=1S/C21H25NO2/c23-20-14-7-8-15-21(20,18-10-3-1-4-11-18)22-16-9-17-24-19-12-5-2-6-13-19/h1-6,10-13,22H,7-9,14-17H2/t21-/m1/s1. The third kappa shape index (κ3) is 3.85. The van der Waals surface area contributed by atoms with Gasteiger partial charge in [-0.05, 0) is 43.5 Å². The maximum atomic E-state index is 12.7. The van der Waals surface area contributed by atoms with Gasteiger partial charge < -0.3 is 10.1 Å². The lowest BCUT2D eigenvalue weighted by Gasteiger charge is -2.37. The van der Waals surface area contributed by atoms with E-state index in [2.05, 4.69) is 17.4 Å². The zero-order valence-corrected chi connectivity index (χ0v) is 14.0. The van der Waals surface area contributed by atoms with Crippen LogP contribution in [0.25, 0.3) is 0 Å². The number of rotatable bonds is 7. The van der Waals surface area contributed by atoms with E-state index >= 15 is 0 Å². The summed E-state index contributed by atoms with van der Waals surface area (Å²) in [4.78, 5) is 12.7. The van der Waals surface area contributed by atoms with E-state index in [-0.39, 0.29) is 0 Å². The molecule has 0 amide bonds. The van der Waals surface area contributed by atoms with Crippen molar-refractivity contribution in [3.05, 3.63) is 66.2 Å². The van der Waals surface area contributed by atoms with Gasteiger partial charge >= 0.3 is 0 Å². The van der Waals surface area contributed by atoms with Crippen LogP contribution in [0, 0.1) is 0 Å². The number of benzene rings is 2. The SMILES string of the molecule is O=C1CCCC[C@@]1(NCCCOc1ccccc1)c1ccccc1. The second-order valence-corrected chi connectivity index (χ2v) is 6.34. The van der Waals surface area contributed by atoms with E-state index in [0.29, 0.717) is 18.8 Å². The first-order chi connectivity index (χ1) is 11.8. The zero-order valence-electron chi connectivity index (χ0n) is 14.0. The van der Waals surface area contributed by atoms with Gasteiger partial charge in [0.25, 0.3) is 0 Å². The number of hydrogen-bond acceptors (Lipinski definition) is 3. The first-order valence-electron chi connectivity index (χ1n) is 8.83. The van der Waals surface area contributed by atoms with E-state index < -0.39 is 5.54 Å². The van der Waals surface area contributed by atoms with Gasteiger partial charge in [-0.15, -0.1) is 0 Å². The molecule has 126 valence electrons. The van der Waals surface area contributed by atoms with Crippen molar-refractivity contribution in [3.63, 3.8) is 0 Å². The fourth-order valence-corrected chi connectivity index (χ4v) is 3.43. The van der Waals surface area contributed by atoms with E-state index in [0.717, 1.165) is 43.5 Å². The number of ketones is 1. The fraction of sp³-hybridized carbons (Fsp3) is 0.381. The van der Waals surface area contributed by atoms with Gasteiger partial charge in [0.15, 0.2) is 5.78 Å². The molecule has 1 fully saturated rings. The van der Waals surface area contributed by atoms with Gasteiger partial charge in [-0.25, -0.2) is 0 Å². The highest BCUT2D eigenvalue weighted by Crippen LogP contribution is 2.34. The number of ether oxygens (including phenoxy) is 1. The van der Waals surface area contributed by atoms with Crippen LogP contribution in [0.15, 0.2) is 60.7 Å². The molecule has 3 rings (SSSR count). The molecule has 24 heavy (non-hydrogen) atoms. The van der Waals surface area contributed by atoms with Crippen LogP contribution in [0.2, 0.25) is 0 Å². The highest BCUT2D eigenvalue weighted by atomic mass is 16.5. The summed E-state index contributed by atoms with van der Waals surface area (Å²) < 4.78 is 5.74. The Kier molecular flexibility index (Phi) is 5.65. The van der Waals surface area contributed by atoms with Gasteiger partial charge in [0.2, 0.25) is 0 Å². The summed E-state index contributed by atoms with van der Waals surface area (Å²) in [5.74, 6) is 1.22. The molecule has 0 bridgehead atoms. The second kappa shape index (κ2) is 8.11. The van der Waals surface area contributed by atoms with Crippen LogP contribution in [-0.4, -0.2) is 18.9 Å². The van der Waals surface area contributed by atoms with Gasteiger partial charge in [-0.2, -0.15) is 0 Å². The summed E-state index contributed by atoms with van der Waals surface area (Å²) in [5.41, 5.74) is 0.588. The van der Waals surface area contributed by atoms with Gasteiger partial charge in [0.05, 0.1) is 6.61 Å². The molecule has 3 nitrogen and oxygen atoms in total. The Hall–Kier alpha value is -2.13. The fourth-order valence-electron chi connectivity index (χ4n) is 3.43. The average Bonchev–Trinajstić information content (AvgIpc) is 2.65. The van der Waals surface area contributed by atoms with Crippen LogP contribution in [0.5, 0.6) is 5.75 Å². The third-order valence-corrected chi connectivity index (χ3v) is 4.71. The molecule has 0 aromatic heterocycles. The molecule has 1 saturated carbocycles. The highest BCUT2D eigenvalue weighted by molar-refractivity contribution is 5.90. The predicted molar refractivity (Wildman–Crippen MR) is 96.2 cm³/mol. The van der Waals surface area contributed by atoms with Crippen molar-refractivity contribution in [2.24, 2.45) is 0 Å². The van der Waals surface area contributed by atoms with Crippen molar-refractivity contribution >= 4 is 5.78 Å². The van der Waals surface area contributed by atoms with Crippen LogP contribution < -0.4 is 10.1 Å². The number of hydrogen-bond donors (Lipinski definition) is 1. The smallest absolute Gasteiger partial charge is 0.157 e. The quantitative estimate of drug-likeness (QED) is 0.780. The minimum Gasteiger partial charge on any atom is -0.494 e. The van der Waals surface area contributed by atoms with Gasteiger partial charge in [-0.1, -0.05) is 55.0 Å². The third-order valence-electron chi connectivity index (χ3n) is 4.71. The van der Waals surface area contributed by atoms with Crippen LogP contribution in [-0.2, 0) is 10.3 Å². The maximum Gasteiger partial charge on any atom is 0.157 e. The molecule has 0 aliphatic heterocycles. The van der Waals surface area contributed by atoms with Gasteiger partial charge in [0.1, 0.15) is 11.3 Å². The topological polar surface area (TPSA) is 38.3 Å². The van der Waals surface area contributed by atoms with Crippen LogP contribution in [0.3, 0.4) is 0 Å². The number of carbonyl (C=O) groups is 1. The molecule has 1 atom stereocenters. The number of Topliss-reactive ketones (excluding diaryl/α,β-unsaturated/α-hetero) is 1. The number of para-hydroxylation sites is 1. The normalized spacial score (nSPS) is 20.8. The van der Waals surface area contributed by atoms with Crippen LogP contribution >= 0.6 is 0 Å². The van der Waals surface area contributed by atoms with Gasteiger partial charge in [-0.3, -0.25) is 4.79 Å². The van der Waals surface area contributed by atoms with Crippen LogP contribution in [0.1, 0.15) is 37.7 Å². The Labute approximate surface area is 144 Å². The Morgan fingerprint density at radius 3 is 2.38 bits per heavy atom. The van der Waals surface area contributed by atoms with Crippen molar-refractivity contribution in [3.8, 4) is 5.75 Å². The molecule has 0 unspecified atom stereocenters. The van der Waals surface area contributed by atoms with Crippen molar-refractivity contribution in [2.45, 2.75) is 37.6 Å². The summed E-state index contributed by atoms with van der Waals surface area (Å²) >= 11 is 0. The molecular formula is C21H25NO2. The lowest BCUT2D eigenvalue weighted by atomic mass is 9.75. The maximum absolute atomic E-state index is 12.7. The molecule has 0 radical (unpaired) electrons. The summed E-state index contributed by atoms with van der Waals surface area (Å²) in [6, 6.07) is 20.0. The molecule has 0 heterocycles. The van der Waals surface area contributed by atoms with E-state index in [1.165, 1.54) is 0 Å². The first kappa shape index (κ1) is 16.7. The Morgan fingerprint density at radius 2 is 1.67 bits per heavy atom. The molecule has 1 N–H and O–H groups in total. The Morgan fingerprint density at radius 1 is 0.958 bits per heavy atom. The number of nitrogens with one attached hydrogen (secondary N) is 1. The molecule has 0 saturated heterocycles. The van der Waals surface area contributed by atoms with E-state index in [1.54, 1.807) is 0 Å². The van der Waals surface area contributed by atoms with Crippen molar-refractivity contribution in [1.82, 2.24) is 5.32 Å². The lowest BCUT2D eigenvalue weighted by molar-refractivity contribution is -0.128. The summed E-state index contributed by atoms with van der Waals surface area (Å²) in [6.07, 6.45) is 4.52. The first-order valence-corrected chi connectivity index (χ1v) is 8.83. The second-order valence-electron chi connectivity index (χ2n) is 6.34. The lowest BCUT2D eigenvalue weighted by Crippen LogP contribution is -2.51. The van der Waals surface area contributed by atoms with E-state index in [9.17, 15) is 4.79 Å². The largest absolute Gasteiger partial charge is 0.494 e. The van der Waals surface area contributed by atoms with Crippen molar-refractivity contribution < 1.29 is 9.53 Å². The minimum atomic E-state index is -0.508. The van der Waals surface area contributed by atoms with E-state index in [1.807, 2.05) is 48.5 Å². The Balaban J connectivity index is 1.58. The molecule has 2 aromatic rings. The molecular weight excluding hydrogens is 298 g/mol. The average molecular weight is 323 g/mol. The van der Waals surface area contributed by atoms with E-state index in [4.69, 9.17) is 4.74 Å². The molecule has 1 aliphatic carbocycles. The predicted octanol–water partition coefficient (Wildman–Crippen LogP) is 4.08.